The zero-order valence-electron chi connectivity index (χ0n) is 13.9. The van der Waals surface area contributed by atoms with E-state index in [9.17, 15) is 0 Å². The molecule has 22 heavy (non-hydrogen) atoms. The highest BCUT2D eigenvalue weighted by Gasteiger charge is 2.08. The van der Waals surface area contributed by atoms with Gasteiger partial charge in [0.25, 0.3) is 0 Å². The molecule has 0 aliphatic rings. The molecule has 0 saturated heterocycles. The summed E-state index contributed by atoms with van der Waals surface area (Å²) in [5.74, 6) is 1.69. The fourth-order valence-electron chi connectivity index (χ4n) is 2.39. The summed E-state index contributed by atoms with van der Waals surface area (Å²) in [6.45, 7) is 7.02. The molecule has 0 amide bonds. The Balaban J connectivity index is 1.98. The van der Waals surface area contributed by atoms with Crippen LogP contribution in [0.1, 0.15) is 12.5 Å². The van der Waals surface area contributed by atoms with Crippen LogP contribution in [0.2, 0.25) is 0 Å². The van der Waals surface area contributed by atoms with Crippen molar-refractivity contribution in [3.63, 3.8) is 0 Å². The van der Waals surface area contributed by atoms with Gasteiger partial charge in [0.05, 0.1) is 0 Å². The Labute approximate surface area is 133 Å². The molecule has 0 fully saturated rings. The first-order valence-corrected chi connectivity index (χ1v) is 7.65. The molecule has 0 saturated carbocycles. The number of likely N-dealkylation sites (N-methyl/N-ethyl adjacent to an activating group) is 1. The van der Waals surface area contributed by atoms with Gasteiger partial charge in [0.1, 0.15) is 0 Å². The van der Waals surface area contributed by atoms with E-state index in [0.717, 1.165) is 31.3 Å². The lowest BCUT2D eigenvalue weighted by molar-refractivity contribution is 0.831. The first-order chi connectivity index (χ1) is 10.6. The maximum absolute atomic E-state index is 4.38. The van der Waals surface area contributed by atoms with Crippen LogP contribution in [-0.4, -0.2) is 43.7 Å². The van der Waals surface area contributed by atoms with Gasteiger partial charge in [-0.25, -0.2) is 9.97 Å². The van der Waals surface area contributed by atoms with Gasteiger partial charge in [-0.2, -0.15) is 0 Å². The lowest BCUT2D eigenvalue weighted by Gasteiger charge is -2.24. The quantitative estimate of drug-likeness (QED) is 0.851. The van der Waals surface area contributed by atoms with E-state index in [-0.39, 0.29) is 0 Å². The Morgan fingerprint density at radius 1 is 1.14 bits per heavy atom. The molecule has 0 spiro atoms. The number of hydrogen-bond acceptors (Lipinski definition) is 5. The maximum atomic E-state index is 4.38. The predicted molar refractivity (Wildman–Crippen MR) is 93.9 cm³/mol. The van der Waals surface area contributed by atoms with Crippen molar-refractivity contribution in [1.82, 2.24) is 9.97 Å². The largest absolute Gasteiger partial charge is 0.370 e. The standard InChI is InChI=1S/C17H25N5/c1-5-22(15-8-6-7-14(2)13-15)12-11-19-16-17(21(3)4)20-10-9-18-16/h6-10,13H,5,11-12H2,1-4H3,(H,18,19). The van der Waals surface area contributed by atoms with Gasteiger partial charge in [-0.1, -0.05) is 12.1 Å². The van der Waals surface area contributed by atoms with E-state index < -0.39 is 0 Å². The molecular weight excluding hydrogens is 274 g/mol. The molecule has 0 atom stereocenters. The molecule has 1 heterocycles. The number of hydrogen-bond donors (Lipinski definition) is 1. The molecule has 5 heteroatoms. The van der Waals surface area contributed by atoms with Crippen molar-refractivity contribution in [2.45, 2.75) is 13.8 Å². The molecular formula is C17H25N5. The molecule has 1 aromatic carbocycles. The van der Waals surface area contributed by atoms with Crippen molar-refractivity contribution in [3.05, 3.63) is 42.2 Å². The van der Waals surface area contributed by atoms with E-state index in [2.05, 4.69) is 58.3 Å². The minimum atomic E-state index is 0.821. The Morgan fingerprint density at radius 2 is 1.91 bits per heavy atom. The van der Waals surface area contributed by atoms with Gasteiger partial charge in [0.15, 0.2) is 11.6 Å². The van der Waals surface area contributed by atoms with Crippen LogP contribution in [0.5, 0.6) is 0 Å². The van der Waals surface area contributed by atoms with E-state index in [4.69, 9.17) is 0 Å². The summed E-state index contributed by atoms with van der Waals surface area (Å²) in [6, 6.07) is 8.60. The van der Waals surface area contributed by atoms with Gasteiger partial charge < -0.3 is 15.1 Å². The van der Waals surface area contributed by atoms with Crippen molar-refractivity contribution in [2.75, 3.05) is 48.8 Å². The Morgan fingerprint density at radius 3 is 2.59 bits per heavy atom. The van der Waals surface area contributed by atoms with Gasteiger partial charge in [-0.15, -0.1) is 0 Å². The number of aromatic nitrogens is 2. The van der Waals surface area contributed by atoms with Crippen LogP contribution < -0.4 is 15.1 Å². The molecule has 0 radical (unpaired) electrons. The van der Waals surface area contributed by atoms with Crippen LogP contribution in [0.3, 0.4) is 0 Å². The SMILES string of the molecule is CCN(CCNc1nccnc1N(C)C)c1cccc(C)c1. The summed E-state index contributed by atoms with van der Waals surface area (Å²) in [4.78, 5) is 13.0. The molecule has 0 bridgehead atoms. The van der Waals surface area contributed by atoms with E-state index >= 15 is 0 Å². The Kier molecular flexibility index (Phi) is 5.58. The number of anilines is 3. The van der Waals surface area contributed by atoms with Crippen LogP contribution in [0.4, 0.5) is 17.3 Å². The molecule has 5 nitrogen and oxygen atoms in total. The highest BCUT2D eigenvalue weighted by atomic mass is 15.2. The lowest BCUT2D eigenvalue weighted by atomic mass is 10.2. The van der Waals surface area contributed by atoms with Crippen molar-refractivity contribution in [1.29, 1.82) is 0 Å². The van der Waals surface area contributed by atoms with E-state index in [0.29, 0.717) is 0 Å². The topological polar surface area (TPSA) is 44.3 Å². The van der Waals surface area contributed by atoms with Gasteiger partial charge in [0, 0.05) is 51.8 Å². The predicted octanol–water partition coefficient (Wildman–Crippen LogP) is 2.79. The van der Waals surface area contributed by atoms with E-state index in [1.54, 1.807) is 12.4 Å². The van der Waals surface area contributed by atoms with Crippen LogP contribution in [0.25, 0.3) is 0 Å². The van der Waals surface area contributed by atoms with Crippen molar-refractivity contribution in [2.24, 2.45) is 0 Å². The van der Waals surface area contributed by atoms with Crippen LogP contribution in [-0.2, 0) is 0 Å². The van der Waals surface area contributed by atoms with Gasteiger partial charge in [-0.05, 0) is 31.5 Å². The lowest BCUT2D eigenvalue weighted by Crippen LogP contribution is -2.29. The van der Waals surface area contributed by atoms with E-state index in [1.807, 2.05) is 19.0 Å². The highest BCUT2D eigenvalue weighted by molar-refractivity contribution is 5.59. The normalized spacial score (nSPS) is 10.4. The van der Waals surface area contributed by atoms with Crippen molar-refractivity contribution in [3.8, 4) is 0 Å². The van der Waals surface area contributed by atoms with Crippen molar-refractivity contribution >= 4 is 17.3 Å². The number of nitrogens with zero attached hydrogens (tertiary/aromatic N) is 4. The van der Waals surface area contributed by atoms with Crippen LogP contribution in [0, 0.1) is 6.92 Å². The summed E-state index contributed by atoms with van der Waals surface area (Å²) in [7, 11) is 3.95. The number of aryl methyl sites for hydroxylation is 1. The smallest absolute Gasteiger partial charge is 0.171 e. The number of nitrogens with one attached hydrogen (secondary N) is 1. The maximum Gasteiger partial charge on any atom is 0.171 e. The average Bonchev–Trinajstić information content (AvgIpc) is 2.52. The third-order valence-corrected chi connectivity index (χ3v) is 3.53. The fourth-order valence-corrected chi connectivity index (χ4v) is 2.39. The second kappa shape index (κ2) is 7.64. The average molecular weight is 299 g/mol. The summed E-state index contributed by atoms with van der Waals surface area (Å²) < 4.78 is 0. The zero-order valence-corrected chi connectivity index (χ0v) is 13.9. The summed E-state index contributed by atoms with van der Waals surface area (Å²) in [6.07, 6.45) is 3.43. The zero-order chi connectivity index (χ0) is 15.9. The number of rotatable bonds is 7. The molecule has 118 valence electrons. The monoisotopic (exact) mass is 299 g/mol. The Hall–Kier alpha value is -2.30. The fraction of sp³-hybridized carbons (Fsp3) is 0.412. The number of benzene rings is 1. The third kappa shape index (κ3) is 4.10. The van der Waals surface area contributed by atoms with Gasteiger partial charge in [0.2, 0.25) is 0 Å². The first-order valence-electron chi connectivity index (χ1n) is 7.65. The molecule has 2 aromatic rings. The van der Waals surface area contributed by atoms with Gasteiger partial charge in [-0.3, -0.25) is 0 Å². The summed E-state index contributed by atoms with van der Waals surface area (Å²) in [5, 5.41) is 3.39. The van der Waals surface area contributed by atoms with Crippen LogP contribution >= 0.6 is 0 Å². The molecule has 0 aliphatic heterocycles. The molecule has 1 aromatic heterocycles. The highest BCUT2D eigenvalue weighted by Crippen LogP contribution is 2.18. The van der Waals surface area contributed by atoms with Crippen molar-refractivity contribution < 1.29 is 0 Å². The second-order valence-corrected chi connectivity index (χ2v) is 5.47. The minimum absolute atomic E-state index is 0.821. The van der Waals surface area contributed by atoms with Gasteiger partial charge >= 0.3 is 0 Å². The first kappa shape index (κ1) is 16.1. The summed E-state index contributed by atoms with van der Waals surface area (Å²) in [5.41, 5.74) is 2.55. The van der Waals surface area contributed by atoms with Crippen LogP contribution in [0.15, 0.2) is 36.7 Å². The second-order valence-electron chi connectivity index (χ2n) is 5.47. The molecule has 1 N–H and O–H groups in total. The molecule has 0 aliphatic carbocycles. The minimum Gasteiger partial charge on any atom is -0.370 e. The third-order valence-electron chi connectivity index (χ3n) is 3.53. The summed E-state index contributed by atoms with van der Waals surface area (Å²) >= 11 is 0. The Bertz CT molecular complexity index is 597. The van der Waals surface area contributed by atoms with E-state index in [1.165, 1.54) is 11.3 Å². The molecule has 2 rings (SSSR count). The molecule has 0 unspecified atom stereocenters.